The van der Waals surface area contributed by atoms with Crippen molar-refractivity contribution in [3.8, 4) is 39.5 Å². The summed E-state index contributed by atoms with van der Waals surface area (Å²) >= 11 is 0. The highest BCUT2D eigenvalue weighted by Gasteiger charge is 2.19. The van der Waals surface area contributed by atoms with E-state index >= 15 is 0 Å². The number of furan rings is 1. The predicted molar refractivity (Wildman–Crippen MR) is 197 cm³/mol. The van der Waals surface area contributed by atoms with Crippen LogP contribution < -0.4 is 0 Å². The number of rotatable bonds is 4. The molecule has 4 heteroatoms. The van der Waals surface area contributed by atoms with Gasteiger partial charge in [-0.15, -0.1) is 0 Å². The molecule has 10 rings (SSSR count). The second kappa shape index (κ2) is 10.5. The van der Waals surface area contributed by atoms with E-state index in [0.29, 0.717) is 5.82 Å². The number of para-hydroxylation sites is 3. The Hall–Kier alpha value is -6.52. The summed E-state index contributed by atoms with van der Waals surface area (Å²) in [6.07, 6.45) is 0. The van der Waals surface area contributed by atoms with Gasteiger partial charge in [0.1, 0.15) is 11.2 Å². The minimum Gasteiger partial charge on any atom is -0.455 e. The van der Waals surface area contributed by atoms with Crippen LogP contribution in [-0.2, 0) is 0 Å². The van der Waals surface area contributed by atoms with E-state index in [-0.39, 0.29) is 0 Å². The van der Waals surface area contributed by atoms with Crippen LogP contribution in [0, 0.1) is 0 Å². The first-order valence-corrected chi connectivity index (χ1v) is 16.2. The van der Waals surface area contributed by atoms with Gasteiger partial charge >= 0.3 is 0 Å². The first kappa shape index (κ1) is 26.7. The smallest absolute Gasteiger partial charge is 0.160 e. The lowest BCUT2D eigenvalue weighted by atomic mass is 10.00. The monoisotopic (exact) mass is 613 g/mol. The lowest BCUT2D eigenvalue weighted by Crippen LogP contribution is -1.96. The van der Waals surface area contributed by atoms with Crippen molar-refractivity contribution in [2.45, 2.75) is 0 Å². The minimum absolute atomic E-state index is 0.681. The lowest BCUT2D eigenvalue weighted by Gasteiger charge is -2.11. The second-order valence-electron chi connectivity index (χ2n) is 12.2. The average Bonchev–Trinajstić information content (AvgIpc) is 3.71. The summed E-state index contributed by atoms with van der Waals surface area (Å²) in [5.41, 5.74) is 11.2. The zero-order valence-corrected chi connectivity index (χ0v) is 25.8. The SMILES string of the molecule is c1ccc(-c2nc(-c3cccc(-c4ccc5c(c4)c4ccccc4n5-c4ccccc4)c3)nc3ccc4c5ccccc5oc4c23)cc1. The highest BCUT2D eigenvalue weighted by Crippen LogP contribution is 2.40. The van der Waals surface area contributed by atoms with Crippen LogP contribution in [0.15, 0.2) is 168 Å². The van der Waals surface area contributed by atoms with Gasteiger partial charge in [-0.05, 0) is 65.7 Å². The maximum atomic E-state index is 6.46. The zero-order valence-electron chi connectivity index (χ0n) is 25.8. The molecule has 0 atom stereocenters. The summed E-state index contributed by atoms with van der Waals surface area (Å²) in [6, 6.07) is 57.2. The Morgan fingerprint density at radius 3 is 2.00 bits per heavy atom. The highest BCUT2D eigenvalue weighted by molar-refractivity contribution is 6.18. The van der Waals surface area contributed by atoms with Gasteiger partial charge in [-0.25, -0.2) is 9.97 Å². The Balaban J connectivity index is 1.15. The molecule has 0 aliphatic heterocycles. The number of benzene rings is 7. The van der Waals surface area contributed by atoms with Crippen LogP contribution in [0.4, 0.5) is 0 Å². The molecular weight excluding hydrogens is 587 g/mol. The van der Waals surface area contributed by atoms with Crippen LogP contribution in [0.3, 0.4) is 0 Å². The molecule has 0 aliphatic carbocycles. The number of fused-ring (bicyclic) bond motifs is 8. The number of aromatic nitrogens is 3. The lowest BCUT2D eigenvalue weighted by molar-refractivity contribution is 0.672. The molecule has 0 spiro atoms. The predicted octanol–water partition coefficient (Wildman–Crippen LogP) is 11.6. The van der Waals surface area contributed by atoms with Crippen molar-refractivity contribution in [2.24, 2.45) is 0 Å². The number of hydrogen-bond donors (Lipinski definition) is 0. The van der Waals surface area contributed by atoms with E-state index in [4.69, 9.17) is 14.4 Å². The molecule has 0 amide bonds. The van der Waals surface area contributed by atoms with Crippen molar-refractivity contribution in [3.63, 3.8) is 0 Å². The maximum Gasteiger partial charge on any atom is 0.160 e. The normalized spacial score (nSPS) is 11.8. The summed E-state index contributed by atoms with van der Waals surface area (Å²) < 4.78 is 8.81. The largest absolute Gasteiger partial charge is 0.455 e. The van der Waals surface area contributed by atoms with Crippen molar-refractivity contribution in [1.82, 2.24) is 14.5 Å². The third-order valence-electron chi connectivity index (χ3n) is 9.39. The Kier molecular flexibility index (Phi) is 5.84. The van der Waals surface area contributed by atoms with Crippen molar-refractivity contribution in [2.75, 3.05) is 0 Å². The van der Waals surface area contributed by atoms with Gasteiger partial charge < -0.3 is 8.98 Å². The van der Waals surface area contributed by atoms with Crippen molar-refractivity contribution in [1.29, 1.82) is 0 Å². The Morgan fingerprint density at radius 1 is 0.438 bits per heavy atom. The fraction of sp³-hybridized carbons (Fsp3) is 0. The molecule has 0 aliphatic rings. The standard InChI is InChI=1S/C44H27N3O/c1-3-12-28(13-4-1)42-41-37(24-23-35-34-19-8-10-21-40(34)48-43(35)41)45-44(46-42)31-15-11-14-29(26-31)30-22-25-39-36(27-30)33-18-7-9-20-38(33)47(39)32-16-5-2-6-17-32/h1-27H. The first-order chi connectivity index (χ1) is 23.8. The molecule has 0 saturated heterocycles. The van der Waals surface area contributed by atoms with Crippen molar-refractivity contribution < 1.29 is 4.42 Å². The molecule has 0 unspecified atom stereocenters. The van der Waals surface area contributed by atoms with Crippen LogP contribution in [0.2, 0.25) is 0 Å². The fourth-order valence-electron chi connectivity index (χ4n) is 7.18. The van der Waals surface area contributed by atoms with Crippen LogP contribution in [-0.4, -0.2) is 14.5 Å². The van der Waals surface area contributed by atoms with Gasteiger partial charge in [0.2, 0.25) is 0 Å². The molecule has 224 valence electrons. The van der Waals surface area contributed by atoms with E-state index in [2.05, 4.69) is 132 Å². The average molecular weight is 614 g/mol. The molecule has 10 aromatic rings. The van der Waals surface area contributed by atoms with Crippen molar-refractivity contribution in [3.05, 3.63) is 164 Å². The Bertz CT molecular complexity index is 2830. The van der Waals surface area contributed by atoms with Gasteiger partial charge in [0, 0.05) is 38.4 Å². The van der Waals surface area contributed by atoms with Gasteiger partial charge in [-0.3, -0.25) is 0 Å². The van der Waals surface area contributed by atoms with Gasteiger partial charge in [0.15, 0.2) is 5.82 Å². The minimum atomic E-state index is 0.681. The zero-order chi connectivity index (χ0) is 31.6. The molecule has 48 heavy (non-hydrogen) atoms. The molecule has 0 bridgehead atoms. The second-order valence-corrected chi connectivity index (χ2v) is 12.2. The maximum absolute atomic E-state index is 6.46. The molecule has 4 nitrogen and oxygen atoms in total. The molecule has 3 aromatic heterocycles. The molecule has 0 fully saturated rings. The van der Waals surface area contributed by atoms with Crippen LogP contribution in [0.5, 0.6) is 0 Å². The molecule has 3 heterocycles. The van der Waals surface area contributed by atoms with E-state index in [1.807, 2.05) is 36.4 Å². The summed E-state index contributed by atoms with van der Waals surface area (Å²) in [5, 5.41) is 5.54. The molecule has 0 radical (unpaired) electrons. The van der Waals surface area contributed by atoms with E-state index in [1.54, 1.807) is 0 Å². The van der Waals surface area contributed by atoms with E-state index in [0.717, 1.165) is 66.5 Å². The third kappa shape index (κ3) is 4.10. The van der Waals surface area contributed by atoms with E-state index < -0.39 is 0 Å². The van der Waals surface area contributed by atoms with Crippen LogP contribution in [0.1, 0.15) is 0 Å². The van der Waals surface area contributed by atoms with Gasteiger partial charge in [0.05, 0.1) is 27.6 Å². The van der Waals surface area contributed by atoms with E-state index in [9.17, 15) is 0 Å². The summed E-state index contributed by atoms with van der Waals surface area (Å²) in [4.78, 5) is 10.4. The highest BCUT2D eigenvalue weighted by atomic mass is 16.3. The quantitative estimate of drug-likeness (QED) is 0.198. The van der Waals surface area contributed by atoms with Gasteiger partial charge in [-0.2, -0.15) is 0 Å². The fourth-order valence-corrected chi connectivity index (χ4v) is 7.18. The van der Waals surface area contributed by atoms with Crippen molar-refractivity contribution >= 4 is 54.6 Å². The summed E-state index contributed by atoms with van der Waals surface area (Å²) in [5.74, 6) is 0.681. The Morgan fingerprint density at radius 2 is 1.12 bits per heavy atom. The summed E-state index contributed by atoms with van der Waals surface area (Å²) in [6.45, 7) is 0. The summed E-state index contributed by atoms with van der Waals surface area (Å²) in [7, 11) is 0. The molecule has 0 N–H and O–H groups in total. The van der Waals surface area contributed by atoms with E-state index in [1.165, 1.54) is 21.8 Å². The van der Waals surface area contributed by atoms with Gasteiger partial charge in [-0.1, -0.05) is 109 Å². The van der Waals surface area contributed by atoms with Gasteiger partial charge in [0.25, 0.3) is 0 Å². The number of nitrogens with zero attached hydrogens (tertiary/aromatic N) is 3. The topological polar surface area (TPSA) is 43.9 Å². The Labute approximate surface area is 276 Å². The third-order valence-corrected chi connectivity index (χ3v) is 9.39. The molecular formula is C44H27N3O. The first-order valence-electron chi connectivity index (χ1n) is 16.2. The van der Waals surface area contributed by atoms with Crippen LogP contribution in [0.25, 0.3) is 94.1 Å². The molecule has 7 aromatic carbocycles. The molecule has 0 saturated carbocycles. The number of hydrogen-bond acceptors (Lipinski definition) is 3. The van der Waals surface area contributed by atoms with Crippen LogP contribution >= 0.6 is 0 Å².